The van der Waals surface area contributed by atoms with Crippen molar-refractivity contribution in [2.24, 2.45) is 0 Å². The van der Waals surface area contributed by atoms with E-state index in [9.17, 15) is 9.90 Å². The zero-order valence-corrected chi connectivity index (χ0v) is 9.45. The summed E-state index contributed by atoms with van der Waals surface area (Å²) in [5, 5.41) is 9.46. The first-order chi connectivity index (χ1) is 7.17. The molecule has 0 aliphatic heterocycles. The monoisotopic (exact) mass is 214 g/mol. The molecule has 0 aromatic carbocycles. The molecule has 4 nitrogen and oxygen atoms in total. The third-order valence-electron chi connectivity index (χ3n) is 1.62. The Balaban J connectivity index is 4.69. The van der Waals surface area contributed by atoms with Gasteiger partial charge in [-0.2, -0.15) is 0 Å². The van der Waals surface area contributed by atoms with E-state index in [1.54, 1.807) is 26.0 Å². The summed E-state index contributed by atoms with van der Waals surface area (Å²) >= 11 is 0. The molecule has 1 N–H and O–H groups in total. The Morgan fingerprint density at radius 2 is 1.87 bits per heavy atom. The molecule has 0 heterocycles. The number of allylic oxidation sites excluding steroid dienone is 2. The number of carbonyl (C=O) groups is 1. The van der Waals surface area contributed by atoms with E-state index >= 15 is 0 Å². The highest BCUT2D eigenvalue weighted by atomic mass is 16.6. The van der Waals surface area contributed by atoms with Crippen molar-refractivity contribution in [1.29, 1.82) is 0 Å². The highest BCUT2D eigenvalue weighted by molar-refractivity contribution is 5.88. The molecule has 0 bridgehead atoms. The van der Waals surface area contributed by atoms with Crippen molar-refractivity contribution in [3.05, 3.63) is 23.7 Å². The average molecular weight is 214 g/mol. The van der Waals surface area contributed by atoms with Gasteiger partial charge in [0.15, 0.2) is 0 Å². The summed E-state index contributed by atoms with van der Waals surface area (Å²) in [5.41, 5.74) is 0.150. The molecular formula is C11H18O4. The van der Waals surface area contributed by atoms with E-state index in [0.29, 0.717) is 13.0 Å². The van der Waals surface area contributed by atoms with Crippen molar-refractivity contribution in [3.63, 3.8) is 0 Å². The van der Waals surface area contributed by atoms with Gasteiger partial charge in [-0.1, -0.05) is 12.2 Å². The molecule has 0 aromatic rings. The van der Waals surface area contributed by atoms with Crippen molar-refractivity contribution in [3.8, 4) is 0 Å². The Labute approximate surface area is 90.2 Å². The maximum atomic E-state index is 11.4. The van der Waals surface area contributed by atoms with E-state index in [2.05, 4.69) is 0 Å². The maximum Gasteiger partial charge on any atom is 0.341 e. The van der Waals surface area contributed by atoms with Gasteiger partial charge in [0.2, 0.25) is 0 Å². The van der Waals surface area contributed by atoms with E-state index in [1.165, 1.54) is 0 Å². The molecule has 86 valence electrons. The number of rotatable bonds is 6. The van der Waals surface area contributed by atoms with Crippen LogP contribution >= 0.6 is 0 Å². The molecule has 0 saturated carbocycles. The largest absolute Gasteiger partial charge is 0.481 e. The molecule has 0 fully saturated rings. The number of aliphatic hydroxyl groups is 1. The van der Waals surface area contributed by atoms with Crippen LogP contribution in [0.15, 0.2) is 23.7 Å². The van der Waals surface area contributed by atoms with Crippen molar-refractivity contribution >= 4 is 5.97 Å². The molecule has 0 amide bonds. The van der Waals surface area contributed by atoms with Gasteiger partial charge in [-0.05, 0) is 20.8 Å². The lowest BCUT2D eigenvalue weighted by Gasteiger charge is -2.08. The molecule has 15 heavy (non-hydrogen) atoms. The van der Waals surface area contributed by atoms with Gasteiger partial charge in [0, 0.05) is 6.42 Å². The van der Waals surface area contributed by atoms with Gasteiger partial charge in [-0.25, -0.2) is 4.79 Å². The summed E-state index contributed by atoms with van der Waals surface area (Å²) < 4.78 is 9.67. The molecule has 0 atom stereocenters. The average Bonchev–Trinajstić information content (AvgIpc) is 2.19. The lowest BCUT2D eigenvalue weighted by molar-refractivity contribution is -0.139. The molecule has 4 heteroatoms. The van der Waals surface area contributed by atoms with Crippen molar-refractivity contribution in [2.75, 3.05) is 13.2 Å². The first-order valence-corrected chi connectivity index (χ1v) is 5.00. The molecule has 0 rings (SSSR count). The molecule has 0 saturated heterocycles. The fourth-order valence-electron chi connectivity index (χ4n) is 0.936. The highest BCUT2D eigenvalue weighted by Gasteiger charge is 2.16. The highest BCUT2D eigenvalue weighted by Crippen LogP contribution is 2.11. The van der Waals surface area contributed by atoms with Gasteiger partial charge in [-0.15, -0.1) is 0 Å². The zero-order valence-electron chi connectivity index (χ0n) is 9.45. The number of hydrogen-bond acceptors (Lipinski definition) is 4. The normalized spacial score (nSPS) is 12.5. The second kappa shape index (κ2) is 7.91. The van der Waals surface area contributed by atoms with Crippen LogP contribution in [0.4, 0.5) is 0 Å². The minimum absolute atomic E-state index is 0.150. The van der Waals surface area contributed by atoms with Crippen molar-refractivity contribution < 1.29 is 19.4 Å². The summed E-state index contributed by atoms with van der Waals surface area (Å²) in [4.78, 5) is 11.4. The first-order valence-electron chi connectivity index (χ1n) is 5.00. The maximum absolute atomic E-state index is 11.4. The van der Waals surface area contributed by atoms with Crippen LogP contribution in [0.3, 0.4) is 0 Å². The minimum Gasteiger partial charge on any atom is -0.481 e. The number of esters is 1. The van der Waals surface area contributed by atoms with Crippen LogP contribution in [0.1, 0.15) is 27.2 Å². The van der Waals surface area contributed by atoms with E-state index in [0.717, 1.165) is 0 Å². The van der Waals surface area contributed by atoms with Crippen LogP contribution < -0.4 is 0 Å². The molecule has 0 unspecified atom stereocenters. The topological polar surface area (TPSA) is 55.8 Å². The second-order valence-electron chi connectivity index (χ2n) is 2.71. The van der Waals surface area contributed by atoms with Gasteiger partial charge in [0.25, 0.3) is 5.95 Å². The Hall–Kier alpha value is -1.45. The smallest absolute Gasteiger partial charge is 0.341 e. The zero-order chi connectivity index (χ0) is 11.7. The van der Waals surface area contributed by atoms with Crippen LogP contribution in [0.2, 0.25) is 0 Å². The predicted molar refractivity (Wildman–Crippen MR) is 57.3 cm³/mol. The van der Waals surface area contributed by atoms with E-state index < -0.39 is 5.97 Å². The fraction of sp³-hybridized carbons (Fsp3) is 0.545. The van der Waals surface area contributed by atoms with Crippen LogP contribution in [-0.4, -0.2) is 24.3 Å². The summed E-state index contributed by atoms with van der Waals surface area (Å²) in [7, 11) is 0. The molecule has 0 radical (unpaired) electrons. The molecule has 0 aliphatic carbocycles. The molecular weight excluding hydrogens is 196 g/mol. The lowest BCUT2D eigenvalue weighted by atomic mass is 10.2. The van der Waals surface area contributed by atoms with Gasteiger partial charge >= 0.3 is 5.97 Å². The van der Waals surface area contributed by atoms with Crippen molar-refractivity contribution in [2.45, 2.75) is 27.2 Å². The van der Waals surface area contributed by atoms with Gasteiger partial charge in [-0.3, -0.25) is 0 Å². The minimum atomic E-state index is -0.540. The van der Waals surface area contributed by atoms with Gasteiger partial charge in [0.1, 0.15) is 5.57 Å². The molecule has 0 spiro atoms. The Morgan fingerprint density at radius 3 is 2.33 bits per heavy atom. The number of carbonyl (C=O) groups excluding carboxylic acids is 1. The Kier molecular flexibility index (Phi) is 7.14. The summed E-state index contributed by atoms with van der Waals surface area (Å²) in [6, 6.07) is 0. The summed E-state index contributed by atoms with van der Waals surface area (Å²) in [5.74, 6) is -0.893. The molecule has 0 aromatic heterocycles. The number of aliphatic hydroxyl groups excluding tert-OH is 1. The van der Waals surface area contributed by atoms with E-state index in [1.807, 2.05) is 6.92 Å². The predicted octanol–water partition coefficient (Wildman–Crippen LogP) is 2.32. The summed E-state index contributed by atoms with van der Waals surface area (Å²) in [6.07, 6.45) is 3.85. The number of hydrogen-bond donors (Lipinski definition) is 1. The molecule has 0 aliphatic rings. The first kappa shape index (κ1) is 13.5. The third-order valence-corrected chi connectivity index (χ3v) is 1.62. The van der Waals surface area contributed by atoms with Gasteiger partial charge in [0.05, 0.1) is 13.2 Å². The van der Waals surface area contributed by atoms with Crippen LogP contribution in [0, 0.1) is 0 Å². The Bertz CT molecular complexity index is 253. The Morgan fingerprint density at radius 1 is 1.27 bits per heavy atom. The second-order valence-corrected chi connectivity index (χ2v) is 2.71. The van der Waals surface area contributed by atoms with Crippen molar-refractivity contribution in [1.82, 2.24) is 0 Å². The number of ether oxygens (including phenoxy) is 2. The van der Waals surface area contributed by atoms with E-state index in [-0.39, 0.29) is 18.1 Å². The summed E-state index contributed by atoms with van der Waals surface area (Å²) in [6.45, 7) is 5.86. The standard InChI is InChI=1S/C11H18O4/c1-4-7-8-9(10(12)14-5-2)11(13)15-6-3/h4,7,12H,5-6,8H2,1-3H3/b7-4-,10-9-. The fourth-order valence-corrected chi connectivity index (χ4v) is 0.936. The lowest BCUT2D eigenvalue weighted by Crippen LogP contribution is -2.11. The van der Waals surface area contributed by atoms with Crippen LogP contribution in [0.25, 0.3) is 0 Å². The van der Waals surface area contributed by atoms with Crippen LogP contribution in [-0.2, 0) is 14.3 Å². The SMILES string of the molecule is C/C=C\C/C(C(=O)OCC)=C(\O)OCC. The third kappa shape index (κ3) is 5.10. The van der Waals surface area contributed by atoms with E-state index in [4.69, 9.17) is 9.47 Å². The van der Waals surface area contributed by atoms with Gasteiger partial charge < -0.3 is 14.6 Å². The quantitative estimate of drug-likeness (QED) is 0.319. The van der Waals surface area contributed by atoms with Crippen LogP contribution in [0.5, 0.6) is 0 Å².